The van der Waals surface area contributed by atoms with Gasteiger partial charge in [-0.15, -0.1) is 37.9 Å². The van der Waals surface area contributed by atoms with Crippen molar-refractivity contribution >= 4 is 70.6 Å². The first-order valence-corrected chi connectivity index (χ1v) is 17.2. The summed E-state index contributed by atoms with van der Waals surface area (Å²) in [6, 6.07) is 25.8. The van der Waals surface area contributed by atoms with Gasteiger partial charge in [0.05, 0.1) is 0 Å². The fourth-order valence-electron chi connectivity index (χ4n) is 7.53. The predicted molar refractivity (Wildman–Crippen MR) is 199 cm³/mol. The highest BCUT2D eigenvalue weighted by Crippen LogP contribution is 2.36. The summed E-state index contributed by atoms with van der Waals surface area (Å²) in [5, 5.41) is 3.59. The van der Waals surface area contributed by atoms with Crippen LogP contribution < -0.4 is 0 Å². The lowest BCUT2D eigenvalue weighted by Gasteiger charge is -2.27. The van der Waals surface area contributed by atoms with Gasteiger partial charge in [0.2, 0.25) is 0 Å². The minimum absolute atomic E-state index is 0.811. The topological polar surface area (TPSA) is 14.8 Å². The number of fused-ring (bicyclic) bond motifs is 3. The molecule has 0 spiro atoms. The quantitative estimate of drug-likeness (QED) is 0.130. The van der Waals surface area contributed by atoms with Gasteiger partial charge in [-0.1, -0.05) is 75.4 Å². The first-order chi connectivity index (χ1) is 21.9. The van der Waals surface area contributed by atoms with Gasteiger partial charge in [-0.05, 0) is 70.8 Å². The van der Waals surface area contributed by atoms with E-state index in [4.69, 9.17) is 37.9 Å². The Morgan fingerprint density at radius 1 is 0.400 bits per heavy atom. The SMILES string of the molecule is CCc1c(Cn2cc(S)c3ccccc32)c(CC)c(Cn2cc(S)c3ccccc32)c(CC)c1Cn1cc(S)c2ccccc21. The summed E-state index contributed by atoms with van der Waals surface area (Å²) >= 11 is 14.6. The third-order valence-electron chi connectivity index (χ3n) is 9.53. The summed E-state index contributed by atoms with van der Waals surface area (Å²) in [5.74, 6) is 0. The predicted octanol–water partition coefficient (Wildman–Crippen LogP) is 10.2. The minimum Gasteiger partial charge on any atom is -0.342 e. The summed E-state index contributed by atoms with van der Waals surface area (Å²) in [6.07, 6.45) is 9.53. The fraction of sp³-hybridized carbons (Fsp3) is 0.231. The lowest BCUT2D eigenvalue weighted by atomic mass is 9.83. The summed E-state index contributed by atoms with van der Waals surface area (Å²) in [5.41, 5.74) is 12.4. The summed E-state index contributed by atoms with van der Waals surface area (Å²) in [4.78, 5) is 3.06. The first kappa shape index (κ1) is 30.2. The molecule has 0 radical (unpaired) electrons. The average Bonchev–Trinajstić information content (AvgIpc) is 3.68. The molecule has 3 nitrogen and oxygen atoms in total. The lowest BCUT2D eigenvalue weighted by Crippen LogP contribution is -2.18. The molecule has 0 aliphatic rings. The Balaban J connectivity index is 1.49. The molecule has 0 unspecified atom stereocenters. The molecule has 7 aromatic rings. The Kier molecular flexibility index (Phi) is 8.32. The van der Waals surface area contributed by atoms with Crippen LogP contribution in [0.25, 0.3) is 32.7 Å². The molecule has 3 aromatic heterocycles. The minimum atomic E-state index is 0.811. The summed E-state index contributed by atoms with van der Waals surface area (Å²) in [6.45, 7) is 9.40. The van der Waals surface area contributed by atoms with Crippen LogP contribution in [0.4, 0.5) is 0 Å². The van der Waals surface area contributed by atoms with Gasteiger partial charge in [-0.3, -0.25) is 0 Å². The number of hydrogen-bond donors (Lipinski definition) is 3. The maximum Gasteiger partial charge on any atom is 0.0495 e. The van der Waals surface area contributed by atoms with E-state index in [-0.39, 0.29) is 0 Å². The fourth-order valence-corrected chi connectivity index (χ4v) is 8.52. The van der Waals surface area contributed by atoms with E-state index in [0.29, 0.717) is 0 Å². The second-order valence-electron chi connectivity index (χ2n) is 11.9. The first-order valence-electron chi connectivity index (χ1n) is 15.9. The lowest BCUT2D eigenvalue weighted by molar-refractivity contribution is 0.737. The molecule has 0 aliphatic carbocycles. The highest BCUT2D eigenvalue weighted by atomic mass is 32.1. The van der Waals surface area contributed by atoms with E-state index in [1.54, 1.807) is 0 Å². The molecule has 4 aromatic carbocycles. The maximum atomic E-state index is 4.87. The van der Waals surface area contributed by atoms with Crippen LogP contribution in [0.3, 0.4) is 0 Å². The van der Waals surface area contributed by atoms with Crippen molar-refractivity contribution < 1.29 is 0 Å². The van der Waals surface area contributed by atoms with E-state index in [9.17, 15) is 0 Å². The van der Waals surface area contributed by atoms with Crippen molar-refractivity contribution in [1.82, 2.24) is 13.7 Å². The van der Waals surface area contributed by atoms with Crippen LogP contribution in [-0.2, 0) is 38.9 Å². The monoisotopic (exact) mass is 645 g/mol. The van der Waals surface area contributed by atoms with Crippen LogP contribution in [0.1, 0.15) is 54.2 Å². The molecule has 0 fully saturated rings. The van der Waals surface area contributed by atoms with Gasteiger partial charge < -0.3 is 13.7 Å². The van der Waals surface area contributed by atoms with E-state index in [1.165, 1.54) is 66.1 Å². The molecule has 6 heteroatoms. The number of hydrogen-bond acceptors (Lipinski definition) is 3. The Morgan fingerprint density at radius 2 is 0.667 bits per heavy atom. The van der Waals surface area contributed by atoms with Gasteiger partial charge >= 0.3 is 0 Å². The number of aromatic nitrogens is 3. The summed E-state index contributed by atoms with van der Waals surface area (Å²) in [7, 11) is 0. The van der Waals surface area contributed by atoms with E-state index in [0.717, 1.165) is 53.6 Å². The van der Waals surface area contributed by atoms with E-state index in [1.807, 2.05) is 0 Å². The van der Waals surface area contributed by atoms with Crippen molar-refractivity contribution in [3.63, 3.8) is 0 Å². The zero-order chi connectivity index (χ0) is 31.2. The maximum absolute atomic E-state index is 4.87. The molecule has 0 bridgehead atoms. The average molecular weight is 646 g/mol. The Morgan fingerprint density at radius 3 is 0.933 bits per heavy atom. The number of para-hydroxylation sites is 3. The van der Waals surface area contributed by atoms with Crippen molar-refractivity contribution in [2.75, 3.05) is 0 Å². The Labute approximate surface area is 282 Å². The van der Waals surface area contributed by atoms with Crippen molar-refractivity contribution in [2.24, 2.45) is 0 Å². The van der Waals surface area contributed by atoms with E-state index in [2.05, 4.69) is 126 Å². The van der Waals surface area contributed by atoms with Gasteiger partial charge in [0.25, 0.3) is 0 Å². The number of rotatable bonds is 9. The largest absolute Gasteiger partial charge is 0.342 e. The zero-order valence-corrected chi connectivity index (χ0v) is 28.8. The molecule has 0 saturated carbocycles. The number of nitrogens with zero attached hydrogens (tertiary/aromatic N) is 3. The van der Waals surface area contributed by atoms with Crippen molar-refractivity contribution in [1.29, 1.82) is 0 Å². The third-order valence-corrected chi connectivity index (χ3v) is 10.6. The molecule has 228 valence electrons. The number of benzene rings is 4. The van der Waals surface area contributed by atoms with Crippen LogP contribution in [0.5, 0.6) is 0 Å². The van der Waals surface area contributed by atoms with Crippen LogP contribution >= 0.6 is 37.9 Å². The molecule has 45 heavy (non-hydrogen) atoms. The Bertz CT molecular complexity index is 1930. The van der Waals surface area contributed by atoms with Gasteiger partial charge in [0, 0.05) is 85.6 Å². The molecule has 3 heterocycles. The van der Waals surface area contributed by atoms with Gasteiger partial charge in [0.15, 0.2) is 0 Å². The Hall–Kier alpha value is -3.45. The standard InChI is InChI=1S/C39H39N3S3/c1-4-25-31(19-40-22-37(43)28-13-7-10-16-34(28)40)26(5-2)33(21-42-24-39(45)30-15-9-12-18-36(30)42)27(6-3)32(25)20-41-23-38(44)29-14-8-11-17-35(29)41/h7-18,22-24,43-45H,4-6,19-21H2,1-3H3. The van der Waals surface area contributed by atoms with E-state index >= 15 is 0 Å². The molecule has 0 N–H and O–H groups in total. The van der Waals surface area contributed by atoms with E-state index < -0.39 is 0 Å². The van der Waals surface area contributed by atoms with Crippen LogP contribution in [0.2, 0.25) is 0 Å². The molecule has 0 amide bonds. The summed E-state index contributed by atoms with van der Waals surface area (Å²) < 4.78 is 7.20. The molecule has 0 saturated heterocycles. The number of thiol groups is 3. The second kappa shape index (κ2) is 12.4. The normalized spacial score (nSPS) is 11.9. The molecular weight excluding hydrogens is 607 g/mol. The van der Waals surface area contributed by atoms with Crippen LogP contribution in [-0.4, -0.2) is 13.7 Å². The van der Waals surface area contributed by atoms with Crippen molar-refractivity contribution in [3.05, 3.63) is 125 Å². The highest BCUT2D eigenvalue weighted by Gasteiger charge is 2.24. The molecule has 0 atom stereocenters. The zero-order valence-electron chi connectivity index (χ0n) is 26.1. The highest BCUT2D eigenvalue weighted by molar-refractivity contribution is 7.81. The second-order valence-corrected chi connectivity index (χ2v) is 13.4. The third kappa shape index (κ3) is 5.21. The van der Waals surface area contributed by atoms with Crippen molar-refractivity contribution in [3.8, 4) is 0 Å². The van der Waals surface area contributed by atoms with Crippen molar-refractivity contribution in [2.45, 2.75) is 74.4 Å². The molecule has 0 aliphatic heterocycles. The van der Waals surface area contributed by atoms with Gasteiger partial charge in [-0.2, -0.15) is 0 Å². The molecule has 7 rings (SSSR count). The van der Waals surface area contributed by atoms with Gasteiger partial charge in [0.1, 0.15) is 0 Å². The smallest absolute Gasteiger partial charge is 0.0495 e. The van der Waals surface area contributed by atoms with Gasteiger partial charge in [-0.25, -0.2) is 0 Å². The molecular formula is C39H39N3S3. The van der Waals surface area contributed by atoms with Crippen LogP contribution in [0, 0.1) is 0 Å². The van der Waals surface area contributed by atoms with Crippen LogP contribution in [0.15, 0.2) is 106 Å².